The van der Waals surface area contributed by atoms with Gasteiger partial charge in [0.15, 0.2) is 18.5 Å². The van der Waals surface area contributed by atoms with Crippen LogP contribution in [-0.2, 0) is 94.0 Å². The van der Waals surface area contributed by atoms with Crippen LogP contribution in [0.2, 0.25) is 0 Å². The van der Waals surface area contributed by atoms with E-state index in [1.165, 1.54) is 0 Å². The smallest absolute Gasteiger partial charge is 0.344 e. The van der Waals surface area contributed by atoms with Crippen molar-refractivity contribution < 1.29 is 94.0 Å². The molecule has 0 unspecified atom stereocenters. The van der Waals surface area contributed by atoms with E-state index in [2.05, 4.69) is 18.6 Å². The number of rotatable bonds is 4. The van der Waals surface area contributed by atoms with Crippen molar-refractivity contribution in [2.24, 2.45) is 0 Å². The zero-order valence-corrected chi connectivity index (χ0v) is 16.9. The van der Waals surface area contributed by atoms with Crippen molar-refractivity contribution in [1.29, 1.82) is 0 Å². The first-order chi connectivity index (χ1) is 8.47. The SMILES string of the molecule is [CH2-]C(=O)OCC(=O)OC1CCC(OC([CH2-])=O)CC1.[Y].[Y]. The van der Waals surface area contributed by atoms with Gasteiger partial charge in [-0.15, -0.1) is 0 Å². The minimum absolute atomic E-state index is 0. The van der Waals surface area contributed by atoms with Crippen LogP contribution in [0.5, 0.6) is 0 Å². The van der Waals surface area contributed by atoms with Crippen molar-refractivity contribution in [3.05, 3.63) is 13.8 Å². The minimum Gasteiger partial charge on any atom is -0.485 e. The van der Waals surface area contributed by atoms with E-state index in [9.17, 15) is 14.4 Å². The predicted molar refractivity (Wildman–Crippen MR) is 59.9 cm³/mol. The van der Waals surface area contributed by atoms with Crippen LogP contribution in [-0.4, -0.2) is 36.7 Å². The average Bonchev–Trinajstić information content (AvgIpc) is 2.28. The third-order valence-electron chi connectivity index (χ3n) is 2.57. The number of ether oxygens (including phenoxy) is 3. The summed E-state index contributed by atoms with van der Waals surface area (Å²) in [5, 5.41) is 0. The first-order valence-electron chi connectivity index (χ1n) is 5.68. The average molecular weight is 434 g/mol. The van der Waals surface area contributed by atoms with Gasteiger partial charge in [-0.1, -0.05) is 0 Å². The van der Waals surface area contributed by atoms with E-state index in [1.807, 2.05) is 0 Å². The van der Waals surface area contributed by atoms with Gasteiger partial charge in [-0.3, -0.25) is 23.4 Å². The van der Waals surface area contributed by atoms with Gasteiger partial charge >= 0.3 is 5.97 Å². The monoisotopic (exact) mass is 434 g/mol. The van der Waals surface area contributed by atoms with Crippen LogP contribution < -0.4 is 0 Å². The Morgan fingerprint density at radius 1 is 0.850 bits per heavy atom. The normalized spacial score (nSPS) is 20.6. The number of carbonyl (C=O) groups excluding carboxylic acids is 3. The molecule has 108 valence electrons. The zero-order valence-electron chi connectivity index (χ0n) is 11.2. The zero-order chi connectivity index (χ0) is 13.5. The van der Waals surface area contributed by atoms with E-state index in [4.69, 9.17) is 9.47 Å². The third kappa shape index (κ3) is 10.1. The molecule has 1 aliphatic carbocycles. The molecular weight excluding hydrogens is 418 g/mol. The van der Waals surface area contributed by atoms with Crippen molar-refractivity contribution in [3.63, 3.8) is 0 Å². The summed E-state index contributed by atoms with van der Waals surface area (Å²) in [6.45, 7) is 5.69. The molecule has 0 N–H and O–H groups in total. The van der Waals surface area contributed by atoms with Crippen molar-refractivity contribution >= 4 is 17.9 Å². The maximum absolute atomic E-state index is 11.3. The molecule has 20 heavy (non-hydrogen) atoms. The number of hydrogen-bond acceptors (Lipinski definition) is 6. The Kier molecular flexibility index (Phi) is 13.5. The molecule has 1 saturated carbocycles. The van der Waals surface area contributed by atoms with Gasteiger partial charge in [0.2, 0.25) is 0 Å². The van der Waals surface area contributed by atoms with Gasteiger partial charge in [0.05, 0.1) is 6.10 Å². The van der Waals surface area contributed by atoms with Gasteiger partial charge in [0.25, 0.3) is 0 Å². The molecule has 2 radical (unpaired) electrons. The van der Waals surface area contributed by atoms with Crippen LogP contribution in [0.3, 0.4) is 0 Å². The Bertz CT molecular complexity index is 326. The number of esters is 3. The van der Waals surface area contributed by atoms with Crippen molar-refractivity contribution in [1.82, 2.24) is 0 Å². The molecular formula is C12H16O6Y2-2. The van der Waals surface area contributed by atoms with Crippen molar-refractivity contribution in [2.45, 2.75) is 37.9 Å². The van der Waals surface area contributed by atoms with Crippen LogP contribution in [0, 0.1) is 13.8 Å². The fourth-order valence-corrected chi connectivity index (χ4v) is 1.81. The van der Waals surface area contributed by atoms with Gasteiger partial charge in [-0.05, 0) is 25.7 Å². The molecule has 0 aromatic heterocycles. The molecule has 1 aliphatic rings. The van der Waals surface area contributed by atoms with Gasteiger partial charge in [0, 0.05) is 65.4 Å². The van der Waals surface area contributed by atoms with Crippen LogP contribution in [0.25, 0.3) is 0 Å². The summed E-state index contributed by atoms with van der Waals surface area (Å²) < 4.78 is 14.5. The van der Waals surface area contributed by atoms with Gasteiger partial charge < -0.3 is 14.2 Å². The number of carbonyl (C=O) groups is 3. The van der Waals surface area contributed by atoms with E-state index >= 15 is 0 Å². The summed E-state index contributed by atoms with van der Waals surface area (Å²) >= 11 is 0. The standard InChI is InChI=1S/C12H16O6.2Y/c1-8(13)16-7-12(15)18-11-5-3-10(4-6-11)17-9(2)14;;/h10-11H,1-7H2;;/q-2;;. The van der Waals surface area contributed by atoms with Gasteiger partial charge in [-0.25, -0.2) is 4.79 Å². The largest absolute Gasteiger partial charge is 0.485 e. The maximum atomic E-state index is 11.3. The summed E-state index contributed by atoms with van der Waals surface area (Å²) in [6.07, 6.45) is 2.12. The Labute approximate surface area is 168 Å². The molecule has 0 aliphatic heterocycles. The molecule has 0 amide bonds. The molecule has 1 fully saturated rings. The van der Waals surface area contributed by atoms with Crippen LogP contribution in [0.4, 0.5) is 0 Å². The third-order valence-corrected chi connectivity index (χ3v) is 2.57. The van der Waals surface area contributed by atoms with E-state index < -0.39 is 24.5 Å². The fraction of sp³-hybridized carbons (Fsp3) is 0.583. The molecule has 0 saturated heterocycles. The van der Waals surface area contributed by atoms with E-state index in [0.717, 1.165) is 0 Å². The predicted octanol–water partition coefficient (Wildman–Crippen LogP) is 0.590. The Balaban J connectivity index is 0. The van der Waals surface area contributed by atoms with Crippen molar-refractivity contribution in [3.8, 4) is 0 Å². The Morgan fingerprint density at radius 3 is 1.70 bits per heavy atom. The van der Waals surface area contributed by atoms with E-state index in [0.29, 0.717) is 25.7 Å². The summed E-state index contributed by atoms with van der Waals surface area (Å²) in [5.74, 6) is -1.90. The second-order valence-electron chi connectivity index (χ2n) is 4.04. The second kappa shape index (κ2) is 12.0. The van der Waals surface area contributed by atoms with Gasteiger partial charge in [-0.2, -0.15) is 0 Å². The summed E-state index contributed by atoms with van der Waals surface area (Å²) in [6, 6.07) is 0. The number of hydrogen-bond donors (Lipinski definition) is 0. The molecule has 6 nitrogen and oxygen atoms in total. The molecule has 0 aromatic carbocycles. The first kappa shape index (κ1) is 22.6. The van der Waals surface area contributed by atoms with E-state index in [1.54, 1.807) is 0 Å². The van der Waals surface area contributed by atoms with Crippen LogP contribution in [0.1, 0.15) is 25.7 Å². The van der Waals surface area contributed by atoms with Crippen molar-refractivity contribution in [2.75, 3.05) is 6.61 Å². The second-order valence-corrected chi connectivity index (χ2v) is 4.04. The Morgan fingerprint density at radius 2 is 1.30 bits per heavy atom. The molecule has 8 heteroatoms. The fourth-order valence-electron chi connectivity index (χ4n) is 1.81. The van der Waals surface area contributed by atoms with Crippen LogP contribution >= 0.6 is 0 Å². The summed E-state index contributed by atoms with van der Waals surface area (Å²) in [5.41, 5.74) is 0. The molecule has 1 rings (SSSR count). The molecule has 0 spiro atoms. The molecule has 0 bridgehead atoms. The van der Waals surface area contributed by atoms with Crippen LogP contribution in [0.15, 0.2) is 0 Å². The summed E-state index contributed by atoms with van der Waals surface area (Å²) in [4.78, 5) is 32.3. The Hall–Kier alpha value is 0.358. The van der Waals surface area contributed by atoms with E-state index in [-0.39, 0.29) is 77.6 Å². The minimum atomic E-state index is -0.766. The quantitative estimate of drug-likeness (QED) is 0.367. The van der Waals surface area contributed by atoms with Gasteiger partial charge in [0.1, 0.15) is 6.10 Å². The maximum Gasteiger partial charge on any atom is 0.344 e. The topological polar surface area (TPSA) is 78.9 Å². The first-order valence-corrected chi connectivity index (χ1v) is 5.68. The molecule has 0 aromatic rings. The molecule has 0 atom stereocenters. The molecule has 0 heterocycles. The summed E-state index contributed by atoms with van der Waals surface area (Å²) in [7, 11) is 0.